The summed E-state index contributed by atoms with van der Waals surface area (Å²) >= 11 is 0. The van der Waals surface area contributed by atoms with Crippen LogP contribution < -0.4 is 11.5 Å². The molecule has 6 heteroatoms. The lowest BCUT2D eigenvalue weighted by atomic mass is 9.88. The second kappa shape index (κ2) is 5.36. The van der Waals surface area contributed by atoms with Crippen molar-refractivity contribution in [1.82, 2.24) is 9.80 Å². The molecule has 1 unspecified atom stereocenters. The summed E-state index contributed by atoms with van der Waals surface area (Å²) in [7, 11) is 0. The summed E-state index contributed by atoms with van der Waals surface area (Å²) < 4.78 is 5.58. The standard InChI is InChI=1S/C14H24N4O2/c1-4-14-9-20-7-6-18(14)11(8-10(3)15)12(16)17(5-2)13(14)19/h8H,4-7,9,15-16H2,1-3H3/b10-8-. The van der Waals surface area contributed by atoms with Gasteiger partial charge >= 0.3 is 0 Å². The highest BCUT2D eigenvalue weighted by atomic mass is 16.5. The van der Waals surface area contributed by atoms with Gasteiger partial charge in [0.05, 0.1) is 18.9 Å². The Kier molecular flexibility index (Phi) is 3.94. The number of hydrogen-bond acceptors (Lipinski definition) is 5. The van der Waals surface area contributed by atoms with Gasteiger partial charge in [0.2, 0.25) is 0 Å². The Hall–Kier alpha value is -1.69. The number of carbonyl (C=O) groups is 1. The van der Waals surface area contributed by atoms with Crippen LogP contribution in [0, 0.1) is 0 Å². The van der Waals surface area contributed by atoms with Gasteiger partial charge in [-0.15, -0.1) is 0 Å². The van der Waals surface area contributed by atoms with E-state index in [1.54, 1.807) is 4.90 Å². The maximum Gasteiger partial charge on any atom is 0.256 e. The van der Waals surface area contributed by atoms with E-state index in [-0.39, 0.29) is 5.91 Å². The first kappa shape index (κ1) is 14.7. The van der Waals surface area contributed by atoms with E-state index in [1.807, 2.05) is 26.8 Å². The largest absolute Gasteiger partial charge is 0.402 e. The summed E-state index contributed by atoms with van der Waals surface area (Å²) in [5.74, 6) is 0.500. The topological polar surface area (TPSA) is 84.8 Å². The van der Waals surface area contributed by atoms with Crippen LogP contribution in [0.15, 0.2) is 23.3 Å². The number of hydrogen-bond donors (Lipinski definition) is 2. The molecule has 0 aromatic carbocycles. The highest BCUT2D eigenvalue weighted by molar-refractivity contribution is 5.90. The Labute approximate surface area is 120 Å². The van der Waals surface area contributed by atoms with Crippen LogP contribution in [0.1, 0.15) is 27.2 Å². The van der Waals surface area contributed by atoms with Crippen LogP contribution in [-0.4, -0.2) is 47.5 Å². The molecule has 0 radical (unpaired) electrons. The molecule has 2 rings (SSSR count). The molecule has 2 aliphatic rings. The van der Waals surface area contributed by atoms with E-state index in [0.717, 1.165) is 5.70 Å². The van der Waals surface area contributed by atoms with E-state index in [9.17, 15) is 4.79 Å². The van der Waals surface area contributed by atoms with Crippen molar-refractivity contribution in [3.05, 3.63) is 23.3 Å². The van der Waals surface area contributed by atoms with Crippen molar-refractivity contribution in [1.29, 1.82) is 0 Å². The molecule has 0 bridgehead atoms. The lowest BCUT2D eigenvalue weighted by Crippen LogP contribution is -2.68. The molecule has 0 aliphatic carbocycles. The molecule has 2 aliphatic heterocycles. The Bertz CT molecular complexity index is 468. The van der Waals surface area contributed by atoms with Crippen LogP contribution >= 0.6 is 0 Å². The highest BCUT2D eigenvalue weighted by Gasteiger charge is 2.51. The number of nitrogens with two attached hydrogens (primary N) is 2. The summed E-state index contributed by atoms with van der Waals surface area (Å²) in [6.45, 7) is 7.93. The van der Waals surface area contributed by atoms with E-state index < -0.39 is 5.54 Å². The molecular formula is C14H24N4O2. The monoisotopic (exact) mass is 280 g/mol. The first-order valence-corrected chi connectivity index (χ1v) is 7.08. The van der Waals surface area contributed by atoms with Crippen LogP contribution in [-0.2, 0) is 9.53 Å². The average molecular weight is 280 g/mol. The van der Waals surface area contributed by atoms with Crippen molar-refractivity contribution >= 4 is 5.91 Å². The van der Waals surface area contributed by atoms with E-state index in [4.69, 9.17) is 16.2 Å². The van der Waals surface area contributed by atoms with Crippen LogP contribution in [0.2, 0.25) is 0 Å². The molecule has 0 aromatic rings. The zero-order valence-electron chi connectivity index (χ0n) is 12.5. The van der Waals surface area contributed by atoms with Crippen molar-refractivity contribution in [3.63, 3.8) is 0 Å². The number of carbonyl (C=O) groups excluding carboxylic acids is 1. The lowest BCUT2D eigenvalue weighted by Gasteiger charge is -2.52. The quantitative estimate of drug-likeness (QED) is 0.777. The average Bonchev–Trinajstić information content (AvgIpc) is 2.44. The number of amides is 1. The van der Waals surface area contributed by atoms with Gasteiger partial charge in [-0.3, -0.25) is 9.69 Å². The van der Waals surface area contributed by atoms with Gasteiger partial charge in [-0.05, 0) is 26.3 Å². The van der Waals surface area contributed by atoms with E-state index in [1.165, 1.54) is 0 Å². The first-order chi connectivity index (χ1) is 9.47. The summed E-state index contributed by atoms with van der Waals surface area (Å²) in [6, 6.07) is 0. The van der Waals surface area contributed by atoms with Gasteiger partial charge in [0.25, 0.3) is 5.91 Å². The summed E-state index contributed by atoms with van der Waals surface area (Å²) in [4.78, 5) is 16.5. The van der Waals surface area contributed by atoms with Gasteiger partial charge in [-0.25, -0.2) is 0 Å². The van der Waals surface area contributed by atoms with E-state index in [2.05, 4.69) is 4.90 Å². The Morgan fingerprint density at radius 1 is 1.50 bits per heavy atom. The van der Waals surface area contributed by atoms with Crippen LogP contribution in [0.3, 0.4) is 0 Å². The van der Waals surface area contributed by atoms with Crippen molar-refractivity contribution in [2.24, 2.45) is 11.5 Å². The number of fused-ring (bicyclic) bond motifs is 1. The predicted molar refractivity (Wildman–Crippen MR) is 77.1 cm³/mol. The summed E-state index contributed by atoms with van der Waals surface area (Å²) in [5, 5.41) is 0. The minimum Gasteiger partial charge on any atom is -0.402 e. The van der Waals surface area contributed by atoms with Crippen LogP contribution in [0.25, 0.3) is 0 Å². The van der Waals surface area contributed by atoms with Crippen LogP contribution in [0.4, 0.5) is 0 Å². The molecular weight excluding hydrogens is 256 g/mol. The maximum atomic E-state index is 12.8. The Morgan fingerprint density at radius 3 is 2.75 bits per heavy atom. The van der Waals surface area contributed by atoms with Gasteiger partial charge in [0.15, 0.2) is 0 Å². The molecule has 0 spiro atoms. The minimum absolute atomic E-state index is 0.0199. The zero-order chi connectivity index (χ0) is 14.9. The van der Waals surface area contributed by atoms with Gasteiger partial charge in [0.1, 0.15) is 11.4 Å². The summed E-state index contributed by atoms with van der Waals surface area (Å²) in [6.07, 6.45) is 2.52. The molecule has 0 aromatic heterocycles. The van der Waals surface area contributed by atoms with Gasteiger partial charge < -0.3 is 21.1 Å². The van der Waals surface area contributed by atoms with Crippen molar-refractivity contribution in [2.75, 3.05) is 26.3 Å². The number of likely N-dealkylation sites (N-methyl/N-ethyl adjacent to an activating group) is 1. The number of rotatable bonds is 3. The molecule has 112 valence electrons. The Balaban J connectivity index is 2.60. The van der Waals surface area contributed by atoms with Crippen molar-refractivity contribution in [2.45, 2.75) is 32.7 Å². The fourth-order valence-corrected chi connectivity index (χ4v) is 2.98. The zero-order valence-corrected chi connectivity index (χ0v) is 12.5. The van der Waals surface area contributed by atoms with Crippen LogP contribution in [0.5, 0.6) is 0 Å². The fourth-order valence-electron chi connectivity index (χ4n) is 2.98. The Morgan fingerprint density at radius 2 is 2.20 bits per heavy atom. The lowest BCUT2D eigenvalue weighted by molar-refractivity contribution is -0.156. The fraction of sp³-hybridized carbons (Fsp3) is 0.643. The second-order valence-corrected chi connectivity index (χ2v) is 5.30. The maximum absolute atomic E-state index is 12.8. The van der Waals surface area contributed by atoms with Gasteiger partial charge in [-0.2, -0.15) is 0 Å². The SMILES string of the molecule is CCN1C(=O)C2(CC)COCCN2C(/C=C(/C)N)=C1N. The van der Waals surface area contributed by atoms with E-state index >= 15 is 0 Å². The third-order valence-corrected chi connectivity index (χ3v) is 4.07. The van der Waals surface area contributed by atoms with Gasteiger partial charge in [-0.1, -0.05) is 6.92 Å². The molecule has 4 N–H and O–H groups in total. The molecule has 2 heterocycles. The number of allylic oxidation sites excluding steroid dienone is 2. The molecule has 6 nitrogen and oxygen atoms in total. The normalized spacial score (nSPS) is 27.9. The number of nitrogens with zero attached hydrogens (tertiary/aromatic N) is 2. The number of ether oxygens (including phenoxy) is 1. The second-order valence-electron chi connectivity index (χ2n) is 5.30. The third kappa shape index (κ3) is 2.04. The predicted octanol–water partition coefficient (Wildman–Crippen LogP) is 0.320. The molecule has 1 amide bonds. The molecule has 20 heavy (non-hydrogen) atoms. The third-order valence-electron chi connectivity index (χ3n) is 4.07. The number of morpholine rings is 1. The first-order valence-electron chi connectivity index (χ1n) is 7.08. The smallest absolute Gasteiger partial charge is 0.256 e. The molecule has 1 saturated heterocycles. The van der Waals surface area contributed by atoms with Gasteiger partial charge in [0, 0.05) is 18.8 Å². The molecule has 1 atom stereocenters. The van der Waals surface area contributed by atoms with Crippen molar-refractivity contribution in [3.8, 4) is 0 Å². The molecule has 0 saturated carbocycles. The minimum atomic E-state index is -0.654. The van der Waals surface area contributed by atoms with Crippen molar-refractivity contribution < 1.29 is 9.53 Å². The summed E-state index contributed by atoms with van der Waals surface area (Å²) in [5.41, 5.74) is 12.9. The van der Waals surface area contributed by atoms with E-state index in [0.29, 0.717) is 44.2 Å². The highest BCUT2D eigenvalue weighted by Crippen LogP contribution is 2.36. The molecule has 1 fully saturated rings.